The second kappa shape index (κ2) is 26.6. The first-order valence-electron chi connectivity index (χ1n) is 14.0. The minimum Gasteiger partial charge on any atom is -0.330 e. The molecule has 0 saturated carbocycles. The lowest BCUT2D eigenvalue weighted by atomic mass is 10.2. The zero-order valence-corrected chi connectivity index (χ0v) is 22.7. The highest BCUT2D eigenvalue weighted by Gasteiger charge is 2.12. The van der Waals surface area contributed by atoms with Crippen LogP contribution in [0.5, 0.6) is 0 Å². The molecule has 212 valence electrons. The molecule has 0 heterocycles. The molecule has 11 heteroatoms. The highest BCUT2D eigenvalue weighted by Crippen LogP contribution is 2.02. The van der Waals surface area contributed by atoms with Gasteiger partial charge in [-0.25, -0.2) is 0 Å². The summed E-state index contributed by atoms with van der Waals surface area (Å²) in [5.74, 6) is 0. The van der Waals surface area contributed by atoms with Gasteiger partial charge in [-0.3, -0.25) is 4.90 Å². The summed E-state index contributed by atoms with van der Waals surface area (Å²) in [6.45, 7) is 18.0. The summed E-state index contributed by atoms with van der Waals surface area (Å²) in [7, 11) is 0. The number of unbranched alkanes of at least 4 members (excludes halogenated alkanes) is 2. The van der Waals surface area contributed by atoms with E-state index in [0.29, 0.717) is 32.7 Å². The highest BCUT2D eigenvalue weighted by atomic mass is 15.2. The van der Waals surface area contributed by atoms with E-state index in [9.17, 15) is 0 Å². The van der Waals surface area contributed by atoms with E-state index < -0.39 is 0 Å². The van der Waals surface area contributed by atoms with Crippen molar-refractivity contribution in [2.45, 2.75) is 25.7 Å². The van der Waals surface area contributed by atoms with Crippen molar-refractivity contribution in [2.75, 3.05) is 131 Å². The van der Waals surface area contributed by atoms with Crippen LogP contribution in [0.1, 0.15) is 25.7 Å². The molecular formula is C24H61N11. The Morgan fingerprint density at radius 3 is 1.20 bits per heavy atom. The van der Waals surface area contributed by atoms with Crippen molar-refractivity contribution in [1.82, 2.24) is 24.9 Å². The second-order valence-corrected chi connectivity index (χ2v) is 9.26. The van der Waals surface area contributed by atoms with Gasteiger partial charge >= 0.3 is 0 Å². The van der Waals surface area contributed by atoms with E-state index in [1.807, 2.05) is 0 Å². The van der Waals surface area contributed by atoms with Gasteiger partial charge in [0.1, 0.15) is 0 Å². The molecule has 13 N–H and O–H groups in total. The Bertz CT molecular complexity index is 405. The lowest BCUT2D eigenvalue weighted by Gasteiger charge is -2.30. The molecule has 0 fully saturated rings. The minimum atomic E-state index is 0.672. The van der Waals surface area contributed by atoms with Crippen molar-refractivity contribution in [3.05, 3.63) is 0 Å². The number of rotatable bonds is 28. The van der Waals surface area contributed by atoms with Gasteiger partial charge in [-0.1, -0.05) is 6.42 Å². The SMILES string of the molecule is NCCCCCN(CCN(CCN)CCN)CCN(CCCN(CCN)CCN)CCNCCN. The van der Waals surface area contributed by atoms with Crippen LogP contribution in [0.2, 0.25) is 0 Å². The third-order valence-electron chi connectivity index (χ3n) is 6.30. The monoisotopic (exact) mass is 504 g/mol. The molecule has 11 nitrogen and oxygen atoms in total. The molecule has 0 amide bonds. The van der Waals surface area contributed by atoms with Gasteiger partial charge in [-0.2, -0.15) is 0 Å². The van der Waals surface area contributed by atoms with Gasteiger partial charge in [0.15, 0.2) is 0 Å². The van der Waals surface area contributed by atoms with Crippen LogP contribution in [0.25, 0.3) is 0 Å². The van der Waals surface area contributed by atoms with Crippen LogP contribution >= 0.6 is 0 Å². The van der Waals surface area contributed by atoms with Gasteiger partial charge < -0.3 is 54.4 Å². The van der Waals surface area contributed by atoms with E-state index >= 15 is 0 Å². The van der Waals surface area contributed by atoms with Crippen molar-refractivity contribution in [3.8, 4) is 0 Å². The van der Waals surface area contributed by atoms with E-state index in [1.54, 1.807) is 0 Å². The van der Waals surface area contributed by atoms with Crippen molar-refractivity contribution >= 4 is 0 Å². The number of nitrogens with one attached hydrogen (secondary N) is 1. The van der Waals surface area contributed by atoms with Crippen LogP contribution in [0.4, 0.5) is 0 Å². The van der Waals surface area contributed by atoms with Crippen LogP contribution in [0.3, 0.4) is 0 Å². The molecule has 0 aromatic rings. The van der Waals surface area contributed by atoms with E-state index in [0.717, 1.165) is 111 Å². The molecule has 0 aliphatic carbocycles. The molecule has 0 aromatic carbocycles. The van der Waals surface area contributed by atoms with Crippen molar-refractivity contribution < 1.29 is 0 Å². The standard InChI is InChI=1S/C24H61N11/c25-5-2-1-3-13-34(23-24-35(18-9-29)19-10-30)22-21-33(20-12-31-11-6-26)15-4-14-32(16-7-27)17-8-28/h31H,1-30H2. The Balaban J connectivity index is 4.85. The van der Waals surface area contributed by atoms with Gasteiger partial charge in [0.25, 0.3) is 0 Å². The molecule has 0 bridgehead atoms. The summed E-state index contributed by atoms with van der Waals surface area (Å²) >= 11 is 0. The molecule has 0 aliphatic heterocycles. The van der Waals surface area contributed by atoms with Gasteiger partial charge in [-0.15, -0.1) is 0 Å². The largest absolute Gasteiger partial charge is 0.330 e. The van der Waals surface area contributed by atoms with Crippen LogP contribution in [-0.2, 0) is 0 Å². The zero-order chi connectivity index (χ0) is 26.0. The number of nitrogens with two attached hydrogens (primary N) is 6. The minimum absolute atomic E-state index is 0.672. The van der Waals surface area contributed by atoms with Crippen molar-refractivity contribution in [3.63, 3.8) is 0 Å². The first kappa shape index (κ1) is 34.6. The van der Waals surface area contributed by atoms with E-state index in [4.69, 9.17) is 34.4 Å². The zero-order valence-electron chi connectivity index (χ0n) is 22.7. The summed E-state index contributed by atoms with van der Waals surface area (Å²) < 4.78 is 0. The van der Waals surface area contributed by atoms with Crippen LogP contribution in [0.15, 0.2) is 0 Å². The third-order valence-corrected chi connectivity index (χ3v) is 6.30. The van der Waals surface area contributed by atoms with E-state index in [2.05, 4.69) is 24.9 Å². The topological polar surface area (TPSA) is 181 Å². The first-order chi connectivity index (χ1) is 17.1. The first-order valence-corrected chi connectivity index (χ1v) is 14.0. The predicted octanol–water partition coefficient (Wildman–Crippen LogP) is -2.90. The Morgan fingerprint density at radius 1 is 0.314 bits per heavy atom. The highest BCUT2D eigenvalue weighted by molar-refractivity contribution is 4.70. The molecule has 0 aromatic heterocycles. The Morgan fingerprint density at radius 2 is 0.743 bits per heavy atom. The molecule has 0 rings (SSSR count). The fourth-order valence-corrected chi connectivity index (χ4v) is 4.28. The molecule has 35 heavy (non-hydrogen) atoms. The molecule has 0 spiro atoms. The molecule has 0 saturated heterocycles. The third kappa shape index (κ3) is 21.4. The summed E-state index contributed by atoms with van der Waals surface area (Å²) in [6.07, 6.45) is 4.60. The Labute approximate surface area is 216 Å². The van der Waals surface area contributed by atoms with Gasteiger partial charge in [0.2, 0.25) is 0 Å². The van der Waals surface area contributed by atoms with Crippen molar-refractivity contribution in [2.24, 2.45) is 34.4 Å². The summed E-state index contributed by atoms with van der Waals surface area (Å²) in [6, 6.07) is 0. The number of hydrogen-bond donors (Lipinski definition) is 7. The van der Waals surface area contributed by atoms with Crippen LogP contribution in [0, 0.1) is 0 Å². The Kier molecular flexibility index (Phi) is 26.3. The van der Waals surface area contributed by atoms with Crippen LogP contribution in [-0.4, -0.2) is 150 Å². The summed E-state index contributed by atoms with van der Waals surface area (Å²) in [4.78, 5) is 9.94. The summed E-state index contributed by atoms with van der Waals surface area (Å²) in [5.41, 5.74) is 34.5. The summed E-state index contributed by atoms with van der Waals surface area (Å²) in [5, 5.41) is 3.44. The molecular weight excluding hydrogens is 442 g/mol. The normalized spacial score (nSPS) is 12.2. The fourth-order valence-electron chi connectivity index (χ4n) is 4.28. The average Bonchev–Trinajstić information content (AvgIpc) is 2.85. The van der Waals surface area contributed by atoms with E-state index in [-0.39, 0.29) is 0 Å². The maximum absolute atomic E-state index is 5.81. The molecule has 0 radical (unpaired) electrons. The van der Waals surface area contributed by atoms with E-state index in [1.165, 1.54) is 12.8 Å². The van der Waals surface area contributed by atoms with Crippen LogP contribution < -0.4 is 39.7 Å². The smallest absolute Gasteiger partial charge is 0.0110 e. The molecule has 0 unspecified atom stereocenters. The van der Waals surface area contributed by atoms with Gasteiger partial charge in [-0.05, 0) is 45.4 Å². The molecule has 0 atom stereocenters. The van der Waals surface area contributed by atoms with Crippen molar-refractivity contribution in [1.29, 1.82) is 0 Å². The quantitative estimate of drug-likeness (QED) is 0.0544. The predicted molar refractivity (Wildman–Crippen MR) is 151 cm³/mol. The lowest BCUT2D eigenvalue weighted by molar-refractivity contribution is 0.170. The maximum Gasteiger partial charge on any atom is 0.0110 e. The average molecular weight is 504 g/mol. The fraction of sp³-hybridized carbons (Fsp3) is 1.00. The van der Waals surface area contributed by atoms with Gasteiger partial charge in [0.05, 0.1) is 0 Å². The van der Waals surface area contributed by atoms with Gasteiger partial charge in [0, 0.05) is 105 Å². The lowest BCUT2D eigenvalue weighted by Crippen LogP contribution is -2.44. The number of nitrogens with zero attached hydrogens (tertiary/aromatic N) is 4. The molecule has 0 aliphatic rings. The second-order valence-electron chi connectivity index (χ2n) is 9.26. The number of hydrogen-bond acceptors (Lipinski definition) is 11. The Hall–Kier alpha value is -0.440. The maximum atomic E-state index is 5.81.